The summed E-state index contributed by atoms with van der Waals surface area (Å²) in [5.41, 5.74) is 0.366. The van der Waals surface area contributed by atoms with Crippen molar-refractivity contribution in [3.05, 3.63) is 22.9 Å². The van der Waals surface area contributed by atoms with Crippen LogP contribution in [0.4, 0.5) is 0 Å². The van der Waals surface area contributed by atoms with Gasteiger partial charge in [-0.25, -0.2) is 4.98 Å². The number of ether oxygens (including phenoxy) is 1. The Kier molecular flexibility index (Phi) is 4.42. The van der Waals surface area contributed by atoms with E-state index in [-0.39, 0.29) is 30.0 Å². The summed E-state index contributed by atoms with van der Waals surface area (Å²) in [6, 6.07) is -0.0133. The molecule has 0 spiro atoms. The number of nitrogens with zero attached hydrogens (tertiary/aromatic N) is 4. The molecule has 0 aromatic carbocycles. The molecule has 2 aromatic rings. The average Bonchev–Trinajstić information content (AvgIpc) is 3.17. The zero-order chi connectivity index (χ0) is 16.4. The van der Waals surface area contributed by atoms with E-state index in [2.05, 4.69) is 15.4 Å². The van der Waals surface area contributed by atoms with Gasteiger partial charge in [0.1, 0.15) is 5.39 Å². The summed E-state index contributed by atoms with van der Waals surface area (Å²) in [6.45, 7) is 3.00. The molecule has 1 amide bonds. The van der Waals surface area contributed by atoms with E-state index in [0.717, 1.165) is 19.4 Å². The van der Waals surface area contributed by atoms with Crippen molar-refractivity contribution in [2.75, 3.05) is 6.61 Å². The van der Waals surface area contributed by atoms with Gasteiger partial charge < -0.3 is 10.1 Å². The topological polar surface area (TPSA) is 91.0 Å². The van der Waals surface area contributed by atoms with Crippen molar-refractivity contribution in [1.29, 1.82) is 0 Å². The number of aryl methyl sites for hydroxylation is 2. The molecule has 0 unspecified atom stereocenters. The minimum absolute atomic E-state index is 0.0133. The van der Waals surface area contributed by atoms with Crippen molar-refractivity contribution in [2.45, 2.75) is 44.9 Å². The third-order valence-electron chi connectivity index (χ3n) is 4.21. The zero-order valence-electron chi connectivity index (χ0n) is 13.4. The Bertz CT molecular complexity index is 760. The van der Waals surface area contributed by atoms with Crippen LogP contribution in [0.3, 0.4) is 0 Å². The van der Waals surface area contributed by atoms with Crippen LogP contribution in [0.1, 0.15) is 26.2 Å². The van der Waals surface area contributed by atoms with Gasteiger partial charge in [-0.1, -0.05) is 0 Å². The molecular formula is C15H21N5O3. The second-order valence-corrected chi connectivity index (χ2v) is 5.91. The second-order valence-electron chi connectivity index (χ2n) is 5.91. The van der Waals surface area contributed by atoms with E-state index >= 15 is 0 Å². The first kappa shape index (κ1) is 15.7. The molecule has 124 valence electrons. The highest BCUT2D eigenvalue weighted by Gasteiger charge is 2.23. The lowest BCUT2D eigenvalue weighted by Gasteiger charge is -2.20. The fourth-order valence-electron chi connectivity index (χ4n) is 2.86. The van der Waals surface area contributed by atoms with Gasteiger partial charge >= 0.3 is 0 Å². The van der Waals surface area contributed by atoms with E-state index in [4.69, 9.17) is 4.74 Å². The van der Waals surface area contributed by atoms with Gasteiger partial charge in [0.25, 0.3) is 5.56 Å². The molecule has 8 nitrogen and oxygen atoms in total. The summed E-state index contributed by atoms with van der Waals surface area (Å²) < 4.78 is 8.56. The molecule has 1 saturated heterocycles. The Morgan fingerprint density at radius 3 is 3.13 bits per heavy atom. The maximum Gasteiger partial charge on any atom is 0.264 e. The van der Waals surface area contributed by atoms with E-state index < -0.39 is 0 Å². The Balaban J connectivity index is 1.60. The molecule has 2 aromatic heterocycles. The van der Waals surface area contributed by atoms with Crippen molar-refractivity contribution in [1.82, 2.24) is 24.6 Å². The van der Waals surface area contributed by atoms with Crippen LogP contribution in [0.15, 0.2) is 17.3 Å². The highest BCUT2D eigenvalue weighted by Crippen LogP contribution is 2.15. The molecule has 1 N–H and O–H groups in total. The molecule has 2 atom stereocenters. The Morgan fingerprint density at radius 1 is 1.57 bits per heavy atom. The van der Waals surface area contributed by atoms with Crippen LogP contribution >= 0.6 is 0 Å². The van der Waals surface area contributed by atoms with Crippen molar-refractivity contribution in [3.63, 3.8) is 0 Å². The number of nitrogens with one attached hydrogen (secondary N) is 1. The van der Waals surface area contributed by atoms with Crippen LogP contribution in [-0.2, 0) is 23.1 Å². The normalized spacial score (nSPS) is 19.1. The molecule has 3 rings (SSSR count). The SMILES string of the molecule is C[C@@H](NC(=O)CCn1cnc2c(cnn2C)c1=O)[C@H]1CCCO1. The third-order valence-corrected chi connectivity index (χ3v) is 4.21. The predicted octanol–water partition coefficient (Wildman–Crippen LogP) is 0.204. The molecule has 3 heterocycles. The Labute approximate surface area is 133 Å². The highest BCUT2D eigenvalue weighted by atomic mass is 16.5. The number of carbonyl (C=O) groups is 1. The smallest absolute Gasteiger partial charge is 0.264 e. The van der Waals surface area contributed by atoms with Gasteiger partial charge in [-0.05, 0) is 19.8 Å². The summed E-state index contributed by atoms with van der Waals surface area (Å²) >= 11 is 0. The largest absolute Gasteiger partial charge is 0.376 e. The molecule has 1 aliphatic rings. The van der Waals surface area contributed by atoms with Gasteiger partial charge in [0.15, 0.2) is 5.65 Å². The number of fused-ring (bicyclic) bond motifs is 1. The van der Waals surface area contributed by atoms with Gasteiger partial charge in [-0.15, -0.1) is 0 Å². The predicted molar refractivity (Wildman–Crippen MR) is 84.0 cm³/mol. The standard InChI is InChI=1S/C15H21N5O3/c1-10(12-4-3-7-23-12)18-13(21)5-6-20-9-16-14-11(15(20)22)8-17-19(14)2/h8-10,12H,3-7H2,1-2H3,(H,18,21)/t10-,12-/m1/s1. The van der Waals surface area contributed by atoms with Crippen molar-refractivity contribution in [2.24, 2.45) is 7.05 Å². The van der Waals surface area contributed by atoms with Gasteiger partial charge in [0, 0.05) is 26.6 Å². The van der Waals surface area contributed by atoms with E-state index in [0.29, 0.717) is 17.6 Å². The van der Waals surface area contributed by atoms with E-state index in [9.17, 15) is 9.59 Å². The molecule has 1 fully saturated rings. The van der Waals surface area contributed by atoms with Gasteiger partial charge in [-0.3, -0.25) is 18.8 Å². The maximum atomic E-state index is 12.3. The summed E-state index contributed by atoms with van der Waals surface area (Å²) in [5, 5.41) is 7.42. The third kappa shape index (κ3) is 3.26. The fraction of sp³-hybridized carbons (Fsp3) is 0.600. The first-order chi connectivity index (χ1) is 11.1. The number of hydrogen-bond acceptors (Lipinski definition) is 5. The lowest BCUT2D eigenvalue weighted by Crippen LogP contribution is -2.41. The van der Waals surface area contributed by atoms with Crippen LogP contribution in [-0.4, -0.2) is 44.0 Å². The minimum Gasteiger partial charge on any atom is -0.376 e. The first-order valence-corrected chi connectivity index (χ1v) is 7.84. The lowest BCUT2D eigenvalue weighted by molar-refractivity contribution is -0.122. The minimum atomic E-state index is -0.178. The van der Waals surface area contributed by atoms with Crippen molar-refractivity contribution < 1.29 is 9.53 Å². The second kappa shape index (κ2) is 6.49. The van der Waals surface area contributed by atoms with Crippen LogP contribution in [0.5, 0.6) is 0 Å². The average molecular weight is 319 g/mol. The molecular weight excluding hydrogens is 298 g/mol. The van der Waals surface area contributed by atoms with Crippen LogP contribution in [0, 0.1) is 0 Å². The molecule has 0 aliphatic carbocycles. The number of amides is 1. The lowest BCUT2D eigenvalue weighted by atomic mass is 10.1. The van der Waals surface area contributed by atoms with E-state index in [1.54, 1.807) is 11.7 Å². The molecule has 0 saturated carbocycles. The van der Waals surface area contributed by atoms with Crippen LogP contribution in [0.2, 0.25) is 0 Å². The molecule has 0 bridgehead atoms. The summed E-state index contributed by atoms with van der Waals surface area (Å²) in [4.78, 5) is 28.6. The van der Waals surface area contributed by atoms with E-state index in [1.807, 2.05) is 6.92 Å². The fourth-order valence-corrected chi connectivity index (χ4v) is 2.86. The highest BCUT2D eigenvalue weighted by molar-refractivity contribution is 5.76. The Hall–Kier alpha value is -2.22. The van der Waals surface area contributed by atoms with Crippen molar-refractivity contribution in [3.8, 4) is 0 Å². The van der Waals surface area contributed by atoms with Crippen LogP contribution < -0.4 is 10.9 Å². The molecule has 23 heavy (non-hydrogen) atoms. The quantitative estimate of drug-likeness (QED) is 0.850. The first-order valence-electron chi connectivity index (χ1n) is 7.84. The van der Waals surface area contributed by atoms with Gasteiger partial charge in [0.05, 0.1) is 24.7 Å². The summed E-state index contributed by atoms with van der Waals surface area (Å²) in [6.07, 6.45) is 5.29. The van der Waals surface area contributed by atoms with E-state index in [1.165, 1.54) is 17.1 Å². The van der Waals surface area contributed by atoms with Gasteiger partial charge in [0.2, 0.25) is 5.91 Å². The summed E-state index contributed by atoms with van der Waals surface area (Å²) in [5.74, 6) is -0.0915. The Morgan fingerprint density at radius 2 is 2.39 bits per heavy atom. The summed E-state index contributed by atoms with van der Waals surface area (Å²) in [7, 11) is 1.74. The van der Waals surface area contributed by atoms with Crippen molar-refractivity contribution >= 4 is 16.9 Å². The zero-order valence-corrected chi connectivity index (χ0v) is 13.4. The molecule has 0 radical (unpaired) electrons. The number of aromatic nitrogens is 4. The maximum absolute atomic E-state index is 12.3. The molecule has 1 aliphatic heterocycles. The number of carbonyl (C=O) groups excluding carboxylic acids is 1. The molecule has 8 heteroatoms. The number of rotatable bonds is 5. The monoisotopic (exact) mass is 319 g/mol. The van der Waals surface area contributed by atoms with Gasteiger partial charge in [-0.2, -0.15) is 5.10 Å². The number of hydrogen-bond donors (Lipinski definition) is 1. The van der Waals surface area contributed by atoms with Crippen LogP contribution in [0.25, 0.3) is 11.0 Å².